The Labute approximate surface area is 121 Å². The first-order valence-corrected chi connectivity index (χ1v) is 12.3. The Kier molecular flexibility index (Phi) is 5.45. The van der Waals surface area contributed by atoms with Gasteiger partial charge in [-0.1, -0.05) is 18.2 Å². The van der Waals surface area contributed by atoms with E-state index in [1.807, 2.05) is 0 Å². The Morgan fingerprint density at radius 3 is 1.80 bits per heavy atom. The summed E-state index contributed by atoms with van der Waals surface area (Å²) in [5.74, 6) is 0. The van der Waals surface area contributed by atoms with Crippen molar-refractivity contribution in [3.63, 3.8) is 0 Å². The number of benzene rings is 1. The molecule has 0 saturated carbocycles. The van der Waals surface area contributed by atoms with Crippen LogP contribution < -0.4 is 5.30 Å². The van der Waals surface area contributed by atoms with E-state index >= 15 is 0 Å². The molecule has 1 aromatic rings. The molecule has 2 atom stereocenters. The topological polar surface area (TPSA) is 76.0 Å². The van der Waals surface area contributed by atoms with Crippen molar-refractivity contribution in [1.29, 1.82) is 0 Å². The molecule has 5 nitrogen and oxygen atoms in total. The second-order valence-corrected chi connectivity index (χ2v) is 12.5. The van der Waals surface area contributed by atoms with Crippen LogP contribution in [0.25, 0.3) is 0 Å². The van der Waals surface area contributed by atoms with Crippen molar-refractivity contribution >= 4 is 30.0 Å². The molecule has 0 aliphatic heterocycles. The Hall–Kier alpha value is -0.796. The van der Waals surface area contributed by atoms with Crippen LogP contribution in [0.3, 0.4) is 0 Å². The third kappa shape index (κ3) is 4.64. The maximum Gasteiger partial charge on any atom is 0.366 e. The summed E-state index contributed by atoms with van der Waals surface area (Å²) >= 11 is 0. The van der Waals surface area contributed by atoms with Crippen molar-refractivity contribution in [3.8, 4) is 0 Å². The lowest BCUT2D eigenvalue weighted by Crippen LogP contribution is -2.38. The fourth-order valence-electron chi connectivity index (χ4n) is 1.30. The second-order valence-electron chi connectivity index (χ2n) is 4.53. The van der Waals surface area contributed by atoms with E-state index in [-0.39, 0.29) is 5.30 Å². The van der Waals surface area contributed by atoms with Gasteiger partial charge < -0.3 is 18.0 Å². The zero-order valence-electron chi connectivity index (χ0n) is 11.5. The summed E-state index contributed by atoms with van der Waals surface area (Å²) < 4.78 is 23.6. The van der Waals surface area contributed by atoms with Crippen LogP contribution in [-0.2, 0) is 13.0 Å². The number of rotatable bonds is 7. The third-order valence-corrected chi connectivity index (χ3v) is 9.77. The molecule has 1 aromatic carbocycles. The van der Waals surface area contributed by atoms with E-state index in [2.05, 4.69) is 13.2 Å². The van der Waals surface area contributed by atoms with Crippen LogP contribution in [0.5, 0.6) is 0 Å². The summed E-state index contributed by atoms with van der Waals surface area (Å²) in [6.45, 7) is 9.77. The molecule has 2 N–H and O–H groups in total. The molecule has 0 aliphatic carbocycles. The van der Waals surface area contributed by atoms with Crippen LogP contribution >= 0.6 is 7.60 Å². The monoisotopic (exact) mass is 330 g/mol. The summed E-state index contributed by atoms with van der Waals surface area (Å²) in [4.78, 5) is 20.1. The highest BCUT2D eigenvalue weighted by Gasteiger charge is 2.42. The van der Waals surface area contributed by atoms with E-state index in [1.54, 1.807) is 30.3 Å². The zero-order chi connectivity index (χ0) is 15.4. The first-order valence-electron chi connectivity index (χ1n) is 5.93. The Balaban J connectivity index is 3.24. The third-order valence-electron chi connectivity index (χ3n) is 2.44. The average Bonchev–Trinajstić information content (AvgIpc) is 2.38. The molecule has 0 spiro atoms. The molecule has 1 rings (SSSR count). The van der Waals surface area contributed by atoms with Crippen molar-refractivity contribution in [2.75, 3.05) is 0 Å². The first kappa shape index (κ1) is 17.3. The van der Waals surface area contributed by atoms with Gasteiger partial charge >= 0.3 is 24.7 Å². The van der Waals surface area contributed by atoms with Gasteiger partial charge in [0.05, 0.1) is 5.30 Å². The zero-order valence-corrected chi connectivity index (χ0v) is 14.4. The quantitative estimate of drug-likeness (QED) is 0.591. The molecule has 0 bridgehead atoms. The lowest BCUT2D eigenvalue weighted by Gasteiger charge is -2.29. The standard InChI is InChI=1S/C12H19O5PSi2/c1-5-19(3,14)16-18(13,17-20(4,15)6-2)12-10-8-7-9-11-12/h5-11,14-15H,1-2H2,3-4H3. The van der Waals surface area contributed by atoms with E-state index < -0.39 is 24.7 Å². The fraction of sp³-hybridized carbons (Fsp3) is 0.167. The number of hydrogen-bond donors (Lipinski definition) is 2. The van der Waals surface area contributed by atoms with Gasteiger partial charge in [-0.15, -0.1) is 13.2 Å². The fourth-order valence-corrected chi connectivity index (χ4v) is 7.65. The van der Waals surface area contributed by atoms with Gasteiger partial charge in [0.15, 0.2) is 0 Å². The summed E-state index contributed by atoms with van der Waals surface area (Å²) in [6.07, 6.45) is 0. The molecule has 0 heterocycles. The van der Waals surface area contributed by atoms with Crippen molar-refractivity contribution in [2.24, 2.45) is 0 Å². The predicted octanol–water partition coefficient (Wildman–Crippen LogP) is 2.12. The van der Waals surface area contributed by atoms with Gasteiger partial charge in [0.1, 0.15) is 0 Å². The lowest BCUT2D eigenvalue weighted by atomic mass is 10.4. The van der Waals surface area contributed by atoms with E-state index in [1.165, 1.54) is 24.5 Å². The molecule has 0 aliphatic rings. The minimum atomic E-state index is -3.87. The Bertz CT molecular complexity index is 504. The predicted molar refractivity (Wildman–Crippen MR) is 83.9 cm³/mol. The van der Waals surface area contributed by atoms with Crippen LogP contribution in [0.1, 0.15) is 0 Å². The molecule has 0 aromatic heterocycles. The molecule has 20 heavy (non-hydrogen) atoms. The summed E-state index contributed by atoms with van der Waals surface area (Å²) in [7, 11) is -10.6. The van der Waals surface area contributed by atoms with E-state index in [9.17, 15) is 14.2 Å². The Morgan fingerprint density at radius 1 is 1.05 bits per heavy atom. The highest BCUT2D eigenvalue weighted by Crippen LogP contribution is 2.51. The van der Waals surface area contributed by atoms with Crippen LogP contribution in [0.4, 0.5) is 0 Å². The molecule has 2 unspecified atom stereocenters. The highest BCUT2D eigenvalue weighted by molar-refractivity contribution is 7.64. The van der Waals surface area contributed by atoms with E-state index in [4.69, 9.17) is 8.43 Å². The molecule has 0 saturated heterocycles. The minimum Gasteiger partial charge on any atom is -0.408 e. The van der Waals surface area contributed by atoms with Crippen molar-refractivity contribution in [2.45, 2.75) is 13.1 Å². The molecule has 0 amide bonds. The Morgan fingerprint density at radius 2 is 1.45 bits per heavy atom. The second kappa shape index (κ2) is 6.32. The van der Waals surface area contributed by atoms with Gasteiger partial charge in [-0.25, -0.2) is 0 Å². The summed E-state index contributed by atoms with van der Waals surface area (Å²) in [6, 6.07) is 8.20. The summed E-state index contributed by atoms with van der Waals surface area (Å²) in [5.41, 5.74) is 2.46. The van der Waals surface area contributed by atoms with Crippen molar-refractivity contribution in [1.82, 2.24) is 0 Å². The molecule has 110 valence electrons. The smallest absolute Gasteiger partial charge is 0.366 e. The van der Waals surface area contributed by atoms with Crippen molar-refractivity contribution in [3.05, 3.63) is 54.9 Å². The van der Waals surface area contributed by atoms with Crippen LogP contribution in [-0.4, -0.2) is 26.7 Å². The average molecular weight is 330 g/mol. The first-order chi connectivity index (χ1) is 9.14. The van der Waals surface area contributed by atoms with Crippen LogP contribution in [0.2, 0.25) is 13.1 Å². The van der Waals surface area contributed by atoms with Crippen LogP contribution in [0, 0.1) is 0 Å². The normalized spacial score (nSPS) is 20.2. The minimum absolute atomic E-state index is 0.268. The largest absolute Gasteiger partial charge is 0.408 e. The van der Waals surface area contributed by atoms with Crippen molar-refractivity contribution < 1.29 is 22.6 Å². The SMILES string of the molecule is C=C[Si](C)(O)OP(=O)(O[Si](C)(O)C=C)c1ccccc1. The van der Waals surface area contributed by atoms with Gasteiger partial charge in [-0.05, 0) is 36.6 Å². The van der Waals surface area contributed by atoms with Gasteiger partial charge in [0.2, 0.25) is 0 Å². The molecular weight excluding hydrogens is 311 g/mol. The van der Waals surface area contributed by atoms with Gasteiger partial charge in [-0.2, -0.15) is 0 Å². The highest BCUT2D eigenvalue weighted by atomic mass is 31.2. The summed E-state index contributed by atoms with van der Waals surface area (Å²) in [5, 5.41) is 0.268. The maximum absolute atomic E-state index is 13.0. The van der Waals surface area contributed by atoms with E-state index in [0.717, 1.165) is 0 Å². The molecule has 8 heteroatoms. The van der Waals surface area contributed by atoms with Crippen LogP contribution in [0.15, 0.2) is 54.9 Å². The lowest BCUT2D eigenvalue weighted by molar-refractivity contribution is 0.318. The van der Waals surface area contributed by atoms with Gasteiger partial charge in [0.25, 0.3) is 0 Å². The molecule has 0 fully saturated rings. The maximum atomic E-state index is 13.0. The number of hydrogen-bond acceptors (Lipinski definition) is 5. The van der Waals surface area contributed by atoms with E-state index in [0.29, 0.717) is 0 Å². The van der Waals surface area contributed by atoms with Gasteiger partial charge in [0, 0.05) is 0 Å². The molecular formula is C12H19O5PSi2. The van der Waals surface area contributed by atoms with Gasteiger partial charge in [-0.3, -0.25) is 4.57 Å². The molecule has 0 radical (unpaired) electrons.